The Morgan fingerprint density at radius 3 is 2.61 bits per heavy atom. The standard InChI is InChI=1S/C17H17NO5/c1-2-22-16(19)9-8-12-11-18-15(10-14(12)17(20)21)23-13-6-4-3-5-7-13/h3-7,10-11H,2,8-9H2,1H3,(H,20,21). The second-order valence-corrected chi connectivity index (χ2v) is 4.70. The number of hydrogen-bond acceptors (Lipinski definition) is 5. The molecule has 2 rings (SSSR count). The lowest BCUT2D eigenvalue weighted by Gasteiger charge is -2.09. The molecule has 0 fully saturated rings. The Balaban J connectivity index is 2.14. The minimum Gasteiger partial charge on any atom is -0.478 e. The summed E-state index contributed by atoms with van der Waals surface area (Å²) < 4.78 is 10.4. The average Bonchev–Trinajstić information content (AvgIpc) is 2.54. The Morgan fingerprint density at radius 1 is 1.22 bits per heavy atom. The highest BCUT2D eigenvalue weighted by atomic mass is 16.5. The number of pyridine rings is 1. The molecule has 0 bridgehead atoms. The molecule has 0 aliphatic carbocycles. The van der Waals surface area contributed by atoms with Crippen molar-refractivity contribution < 1.29 is 24.2 Å². The van der Waals surface area contributed by atoms with Crippen LogP contribution in [0.25, 0.3) is 0 Å². The first-order chi connectivity index (χ1) is 11.1. The molecule has 6 nitrogen and oxygen atoms in total. The Labute approximate surface area is 133 Å². The number of carboxylic acid groups (broad SMARTS) is 1. The topological polar surface area (TPSA) is 85.7 Å². The van der Waals surface area contributed by atoms with Crippen molar-refractivity contribution in [2.45, 2.75) is 19.8 Å². The molecule has 1 N–H and O–H groups in total. The van der Waals surface area contributed by atoms with Crippen molar-refractivity contribution in [2.24, 2.45) is 0 Å². The summed E-state index contributed by atoms with van der Waals surface area (Å²) in [6, 6.07) is 10.3. The molecule has 0 spiro atoms. The zero-order valence-corrected chi connectivity index (χ0v) is 12.7. The van der Waals surface area contributed by atoms with Crippen LogP contribution in [0.3, 0.4) is 0 Å². The number of ether oxygens (including phenoxy) is 2. The lowest BCUT2D eigenvalue weighted by atomic mass is 10.1. The van der Waals surface area contributed by atoms with Gasteiger partial charge in [-0.05, 0) is 31.0 Å². The predicted octanol–water partition coefficient (Wildman–Crippen LogP) is 3.07. The number of carbonyl (C=O) groups is 2. The molecular formula is C17H17NO5. The first-order valence-corrected chi connectivity index (χ1v) is 7.21. The van der Waals surface area contributed by atoms with E-state index in [4.69, 9.17) is 9.47 Å². The maximum Gasteiger partial charge on any atom is 0.336 e. The van der Waals surface area contributed by atoms with Crippen LogP contribution in [0, 0.1) is 0 Å². The van der Waals surface area contributed by atoms with Crippen LogP contribution in [0.4, 0.5) is 0 Å². The molecule has 1 heterocycles. The molecule has 0 unspecified atom stereocenters. The summed E-state index contributed by atoms with van der Waals surface area (Å²) in [7, 11) is 0. The molecule has 120 valence electrons. The van der Waals surface area contributed by atoms with Gasteiger partial charge in [0.05, 0.1) is 12.2 Å². The van der Waals surface area contributed by atoms with Gasteiger partial charge in [-0.3, -0.25) is 4.79 Å². The molecule has 0 saturated heterocycles. The summed E-state index contributed by atoms with van der Waals surface area (Å²) in [5.41, 5.74) is 0.529. The molecule has 0 aliphatic rings. The Hall–Kier alpha value is -2.89. The minimum atomic E-state index is -1.09. The van der Waals surface area contributed by atoms with Crippen LogP contribution in [0.2, 0.25) is 0 Å². The van der Waals surface area contributed by atoms with Crippen LogP contribution in [-0.4, -0.2) is 28.6 Å². The van der Waals surface area contributed by atoms with E-state index in [9.17, 15) is 14.7 Å². The predicted molar refractivity (Wildman–Crippen MR) is 82.7 cm³/mol. The van der Waals surface area contributed by atoms with E-state index in [0.29, 0.717) is 17.9 Å². The van der Waals surface area contributed by atoms with E-state index in [2.05, 4.69) is 4.98 Å². The van der Waals surface area contributed by atoms with Crippen LogP contribution in [0.5, 0.6) is 11.6 Å². The highest BCUT2D eigenvalue weighted by Crippen LogP contribution is 2.22. The van der Waals surface area contributed by atoms with Crippen molar-refractivity contribution in [2.75, 3.05) is 6.61 Å². The van der Waals surface area contributed by atoms with E-state index < -0.39 is 5.97 Å². The van der Waals surface area contributed by atoms with Gasteiger partial charge in [0.15, 0.2) is 0 Å². The molecule has 1 aromatic carbocycles. The summed E-state index contributed by atoms with van der Waals surface area (Å²) in [5.74, 6) is -0.707. The average molecular weight is 315 g/mol. The van der Waals surface area contributed by atoms with Gasteiger partial charge < -0.3 is 14.6 Å². The molecule has 6 heteroatoms. The summed E-state index contributed by atoms with van der Waals surface area (Å²) in [6.45, 7) is 2.02. The van der Waals surface area contributed by atoms with Crippen LogP contribution < -0.4 is 4.74 Å². The van der Waals surface area contributed by atoms with Crippen molar-refractivity contribution in [1.82, 2.24) is 4.98 Å². The third-order valence-corrected chi connectivity index (χ3v) is 3.06. The fourth-order valence-electron chi connectivity index (χ4n) is 2.00. The molecule has 23 heavy (non-hydrogen) atoms. The Bertz CT molecular complexity index is 685. The third-order valence-electron chi connectivity index (χ3n) is 3.06. The molecule has 1 aromatic heterocycles. The number of para-hydroxylation sites is 1. The maximum atomic E-state index is 11.4. The maximum absolute atomic E-state index is 11.4. The lowest BCUT2D eigenvalue weighted by Crippen LogP contribution is -2.09. The molecule has 0 aliphatic heterocycles. The van der Waals surface area contributed by atoms with Crippen LogP contribution >= 0.6 is 0 Å². The summed E-state index contributed by atoms with van der Waals surface area (Å²) in [4.78, 5) is 26.9. The van der Waals surface area contributed by atoms with Gasteiger partial charge in [0, 0.05) is 18.7 Å². The number of nitrogens with zero attached hydrogens (tertiary/aromatic N) is 1. The van der Waals surface area contributed by atoms with E-state index >= 15 is 0 Å². The van der Waals surface area contributed by atoms with Gasteiger partial charge in [-0.2, -0.15) is 0 Å². The number of carbonyl (C=O) groups excluding carboxylic acids is 1. The van der Waals surface area contributed by atoms with Gasteiger partial charge in [0.1, 0.15) is 5.75 Å². The Morgan fingerprint density at radius 2 is 1.96 bits per heavy atom. The first-order valence-electron chi connectivity index (χ1n) is 7.21. The quantitative estimate of drug-likeness (QED) is 0.790. The molecular weight excluding hydrogens is 298 g/mol. The Kier molecular flexibility index (Phi) is 5.68. The van der Waals surface area contributed by atoms with Crippen molar-refractivity contribution in [3.05, 3.63) is 53.7 Å². The normalized spacial score (nSPS) is 10.1. The molecule has 0 amide bonds. The molecule has 2 aromatic rings. The zero-order valence-electron chi connectivity index (χ0n) is 12.7. The summed E-state index contributed by atoms with van der Waals surface area (Å²) in [6.07, 6.45) is 1.77. The number of hydrogen-bond donors (Lipinski definition) is 1. The van der Waals surface area contributed by atoms with E-state index in [0.717, 1.165) is 0 Å². The second-order valence-electron chi connectivity index (χ2n) is 4.70. The number of carboxylic acids is 1. The van der Waals surface area contributed by atoms with Crippen molar-refractivity contribution in [1.29, 1.82) is 0 Å². The lowest BCUT2D eigenvalue weighted by molar-refractivity contribution is -0.143. The highest BCUT2D eigenvalue weighted by molar-refractivity contribution is 5.89. The first kappa shape index (κ1) is 16.5. The fourth-order valence-corrected chi connectivity index (χ4v) is 2.00. The highest BCUT2D eigenvalue weighted by Gasteiger charge is 2.14. The largest absolute Gasteiger partial charge is 0.478 e. The van der Waals surface area contributed by atoms with Crippen LogP contribution in [-0.2, 0) is 16.0 Å². The number of aromatic carboxylic acids is 1. The van der Waals surface area contributed by atoms with Gasteiger partial charge >= 0.3 is 11.9 Å². The van der Waals surface area contributed by atoms with Crippen molar-refractivity contribution in [3.8, 4) is 11.6 Å². The monoisotopic (exact) mass is 315 g/mol. The van der Waals surface area contributed by atoms with Gasteiger partial charge in [0.25, 0.3) is 0 Å². The van der Waals surface area contributed by atoms with E-state index in [-0.39, 0.29) is 30.3 Å². The smallest absolute Gasteiger partial charge is 0.336 e. The van der Waals surface area contributed by atoms with Crippen molar-refractivity contribution >= 4 is 11.9 Å². The van der Waals surface area contributed by atoms with Crippen LogP contribution in [0.15, 0.2) is 42.6 Å². The summed E-state index contributed by atoms with van der Waals surface area (Å²) in [5, 5.41) is 9.33. The number of aromatic nitrogens is 1. The number of benzene rings is 1. The van der Waals surface area contributed by atoms with Gasteiger partial charge in [-0.25, -0.2) is 9.78 Å². The molecule has 0 radical (unpaired) electrons. The third kappa shape index (κ3) is 4.81. The minimum absolute atomic E-state index is 0.0650. The number of aryl methyl sites for hydroxylation is 1. The van der Waals surface area contributed by atoms with E-state index in [1.165, 1.54) is 12.3 Å². The zero-order chi connectivity index (χ0) is 16.7. The SMILES string of the molecule is CCOC(=O)CCc1cnc(Oc2ccccc2)cc1C(=O)O. The van der Waals surface area contributed by atoms with Gasteiger partial charge in [0.2, 0.25) is 5.88 Å². The number of esters is 1. The van der Waals surface area contributed by atoms with Crippen molar-refractivity contribution in [3.63, 3.8) is 0 Å². The van der Waals surface area contributed by atoms with Gasteiger partial charge in [-0.15, -0.1) is 0 Å². The van der Waals surface area contributed by atoms with Gasteiger partial charge in [-0.1, -0.05) is 18.2 Å². The van der Waals surface area contributed by atoms with E-state index in [1.807, 2.05) is 6.07 Å². The second kappa shape index (κ2) is 7.93. The summed E-state index contributed by atoms with van der Waals surface area (Å²) >= 11 is 0. The van der Waals surface area contributed by atoms with E-state index in [1.54, 1.807) is 31.2 Å². The van der Waals surface area contributed by atoms with Crippen LogP contribution in [0.1, 0.15) is 29.3 Å². The molecule has 0 atom stereocenters. The number of rotatable bonds is 7. The fraction of sp³-hybridized carbons (Fsp3) is 0.235. The molecule has 0 saturated carbocycles.